The van der Waals surface area contributed by atoms with Crippen molar-refractivity contribution >= 4 is 10.9 Å². The molecule has 0 N–H and O–H groups in total. The molecule has 2 aromatic rings. The van der Waals surface area contributed by atoms with Crippen LogP contribution in [-0.2, 0) is 0 Å². The van der Waals surface area contributed by atoms with Crippen LogP contribution in [0.15, 0.2) is 24.3 Å². The van der Waals surface area contributed by atoms with E-state index < -0.39 is 0 Å². The highest BCUT2D eigenvalue weighted by atomic mass is 15.3. The Morgan fingerprint density at radius 3 is 2.71 bits per heavy atom. The van der Waals surface area contributed by atoms with E-state index in [0.717, 1.165) is 16.6 Å². The first-order valence-corrected chi connectivity index (χ1v) is 4.68. The Kier molecular flexibility index (Phi) is 2.01. The van der Waals surface area contributed by atoms with Gasteiger partial charge in [0.2, 0.25) is 0 Å². The molecule has 0 unspecified atom stereocenters. The predicted molar refractivity (Wildman–Crippen MR) is 58.1 cm³/mol. The molecular weight excluding hydrogens is 172 g/mol. The molecule has 0 aliphatic rings. The molecule has 0 atom stereocenters. The van der Waals surface area contributed by atoms with Crippen LogP contribution in [0.3, 0.4) is 0 Å². The van der Waals surface area contributed by atoms with E-state index in [1.54, 1.807) is 4.68 Å². The summed E-state index contributed by atoms with van der Waals surface area (Å²) in [4.78, 5) is 0. The lowest BCUT2D eigenvalue weighted by Gasteiger charge is -1.98. The average Bonchev–Trinajstić information content (AvgIpc) is 2.56. The number of aromatic nitrogens is 2. The van der Waals surface area contributed by atoms with Gasteiger partial charge in [0.25, 0.3) is 0 Å². The highest BCUT2D eigenvalue weighted by molar-refractivity contribution is 5.83. The summed E-state index contributed by atoms with van der Waals surface area (Å²) in [5, 5.41) is 5.54. The minimum atomic E-state index is 0.398. The molecule has 2 heteroatoms. The third-order valence-electron chi connectivity index (χ3n) is 2.29. The molecule has 0 fully saturated rings. The molecule has 0 bridgehead atoms. The monoisotopic (exact) mass is 184 g/mol. The van der Waals surface area contributed by atoms with Crippen LogP contribution < -0.4 is 0 Å². The number of terminal acetylenes is 1. The zero-order valence-corrected chi connectivity index (χ0v) is 8.36. The van der Waals surface area contributed by atoms with Crippen LogP contribution in [0.5, 0.6) is 0 Å². The van der Waals surface area contributed by atoms with Crippen LogP contribution >= 0.6 is 0 Å². The van der Waals surface area contributed by atoms with Gasteiger partial charge in [-0.3, -0.25) is 0 Å². The first kappa shape index (κ1) is 8.83. The van der Waals surface area contributed by atoms with Gasteiger partial charge in [-0.2, -0.15) is 9.78 Å². The fourth-order valence-electron chi connectivity index (χ4n) is 1.62. The van der Waals surface area contributed by atoms with E-state index in [2.05, 4.69) is 31.1 Å². The Labute approximate surface area is 83.5 Å². The van der Waals surface area contributed by atoms with Crippen molar-refractivity contribution in [2.75, 3.05) is 0 Å². The van der Waals surface area contributed by atoms with Gasteiger partial charge in [0.05, 0.1) is 11.2 Å². The second-order valence-corrected chi connectivity index (χ2v) is 3.60. The van der Waals surface area contributed by atoms with E-state index in [9.17, 15) is 0 Å². The zero-order valence-electron chi connectivity index (χ0n) is 8.36. The Morgan fingerprint density at radius 1 is 1.36 bits per heavy atom. The maximum atomic E-state index is 5.38. The van der Waals surface area contributed by atoms with E-state index in [0.29, 0.717) is 5.92 Å². The average molecular weight is 184 g/mol. The minimum absolute atomic E-state index is 0.398. The SMILES string of the molecule is C#Cn1nc(C(C)C)c2ccccc21. The summed E-state index contributed by atoms with van der Waals surface area (Å²) in [6.45, 7) is 4.24. The lowest BCUT2D eigenvalue weighted by atomic mass is 10.1. The van der Waals surface area contributed by atoms with Crippen LogP contribution in [0.25, 0.3) is 10.9 Å². The first-order valence-electron chi connectivity index (χ1n) is 4.68. The molecule has 1 heterocycles. The quantitative estimate of drug-likeness (QED) is 0.623. The molecule has 70 valence electrons. The van der Waals surface area contributed by atoms with Gasteiger partial charge in [0, 0.05) is 11.4 Å². The van der Waals surface area contributed by atoms with Gasteiger partial charge in [-0.25, -0.2) is 0 Å². The summed E-state index contributed by atoms with van der Waals surface area (Å²) in [5.74, 6) is 0.398. The van der Waals surface area contributed by atoms with Crippen LogP contribution in [0.4, 0.5) is 0 Å². The molecule has 2 nitrogen and oxygen atoms in total. The molecule has 0 saturated carbocycles. The topological polar surface area (TPSA) is 17.8 Å². The summed E-state index contributed by atoms with van der Waals surface area (Å²) >= 11 is 0. The Morgan fingerprint density at radius 2 is 2.07 bits per heavy atom. The fourth-order valence-corrected chi connectivity index (χ4v) is 1.62. The number of hydrogen-bond donors (Lipinski definition) is 0. The van der Waals surface area contributed by atoms with E-state index in [1.807, 2.05) is 18.2 Å². The van der Waals surface area contributed by atoms with Crippen LogP contribution in [0.2, 0.25) is 0 Å². The summed E-state index contributed by atoms with van der Waals surface area (Å²) in [6.07, 6.45) is 5.38. The number of rotatable bonds is 1. The molecule has 0 saturated heterocycles. The number of para-hydroxylation sites is 1. The Hall–Kier alpha value is -1.75. The molecule has 1 aromatic heterocycles. The van der Waals surface area contributed by atoms with Crippen molar-refractivity contribution in [1.29, 1.82) is 0 Å². The molecule has 2 rings (SSSR count). The number of hydrogen-bond acceptors (Lipinski definition) is 1. The summed E-state index contributed by atoms with van der Waals surface area (Å²) in [5.41, 5.74) is 2.08. The summed E-state index contributed by atoms with van der Waals surface area (Å²) < 4.78 is 1.60. The van der Waals surface area contributed by atoms with Crippen molar-refractivity contribution in [3.63, 3.8) is 0 Å². The second kappa shape index (κ2) is 3.19. The minimum Gasteiger partial charge on any atom is -0.189 e. The van der Waals surface area contributed by atoms with Gasteiger partial charge < -0.3 is 0 Å². The summed E-state index contributed by atoms with van der Waals surface area (Å²) in [7, 11) is 0. The van der Waals surface area contributed by atoms with E-state index in [1.165, 1.54) is 0 Å². The molecule has 14 heavy (non-hydrogen) atoms. The summed E-state index contributed by atoms with van der Waals surface area (Å²) in [6, 6.07) is 10.6. The third kappa shape index (κ3) is 1.18. The van der Waals surface area contributed by atoms with Gasteiger partial charge in [0.1, 0.15) is 0 Å². The van der Waals surface area contributed by atoms with Crippen LogP contribution in [0.1, 0.15) is 25.5 Å². The third-order valence-corrected chi connectivity index (χ3v) is 2.29. The van der Waals surface area contributed by atoms with Gasteiger partial charge in [-0.05, 0) is 12.0 Å². The fraction of sp³-hybridized carbons (Fsp3) is 0.250. The van der Waals surface area contributed by atoms with Crippen molar-refractivity contribution in [2.45, 2.75) is 19.8 Å². The second-order valence-electron chi connectivity index (χ2n) is 3.60. The molecule has 0 aliphatic carbocycles. The highest BCUT2D eigenvalue weighted by Crippen LogP contribution is 2.23. The normalized spacial score (nSPS) is 10.7. The molecule has 0 aliphatic heterocycles. The number of benzene rings is 1. The van der Waals surface area contributed by atoms with Crippen molar-refractivity contribution in [1.82, 2.24) is 9.78 Å². The molecular formula is C12H12N2. The molecule has 0 amide bonds. The van der Waals surface area contributed by atoms with Crippen LogP contribution in [0, 0.1) is 12.5 Å². The lowest BCUT2D eigenvalue weighted by Crippen LogP contribution is -1.93. The molecule has 0 radical (unpaired) electrons. The van der Waals surface area contributed by atoms with Gasteiger partial charge in [-0.1, -0.05) is 38.5 Å². The van der Waals surface area contributed by atoms with E-state index in [-0.39, 0.29) is 0 Å². The van der Waals surface area contributed by atoms with Gasteiger partial charge in [-0.15, -0.1) is 0 Å². The van der Waals surface area contributed by atoms with Gasteiger partial charge >= 0.3 is 0 Å². The van der Waals surface area contributed by atoms with Crippen molar-refractivity contribution < 1.29 is 0 Å². The lowest BCUT2D eigenvalue weighted by molar-refractivity contribution is 0.788. The highest BCUT2D eigenvalue weighted by Gasteiger charge is 2.11. The van der Waals surface area contributed by atoms with E-state index in [4.69, 9.17) is 6.42 Å². The van der Waals surface area contributed by atoms with Crippen molar-refractivity contribution in [3.8, 4) is 12.5 Å². The number of fused-ring (bicyclic) bond motifs is 1. The largest absolute Gasteiger partial charge is 0.189 e. The zero-order chi connectivity index (χ0) is 10.1. The molecule has 1 aromatic carbocycles. The maximum absolute atomic E-state index is 5.38. The van der Waals surface area contributed by atoms with Crippen molar-refractivity contribution in [3.05, 3.63) is 30.0 Å². The maximum Gasteiger partial charge on any atom is 0.0837 e. The first-order chi connectivity index (χ1) is 6.74. The Balaban J connectivity index is 2.82. The van der Waals surface area contributed by atoms with E-state index >= 15 is 0 Å². The number of nitrogens with zero attached hydrogens (tertiary/aromatic N) is 2. The smallest absolute Gasteiger partial charge is 0.0837 e. The van der Waals surface area contributed by atoms with Gasteiger partial charge in [0.15, 0.2) is 0 Å². The Bertz CT molecular complexity index is 501. The molecule has 0 spiro atoms. The van der Waals surface area contributed by atoms with Crippen LogP contribution in [-0.4, -0.2) is 9.78 Å². The predicted octanol–water partition coefficient (Wildman–Crippen LogP) is 2.60. The standard InChI is InChI=1S/C12H12N2/c1-4-14-11-8-6-5-7-10(11)12(13-14)9(2)3/h1,5-9H,2-3H3. The van der Waals surface area contributed by atoms with Crippen molar-refractivity contribution in [2.24, 2.45) is 0 Å².